The Morgan fingerprint density at radius 1 is 1.19 bits per heavy atom. The number of carboxylic acids is 1. The number of nitrogens with zero attached hydrogens (tertiary/aromatic N) is 2. The monoisotopic (exact) mass is 362 g/mol. The molecule has 144 valence electrons. The first-order chi connectivity index (χ1) is 12.7. The minimum absolute atomic E-state index is 0.245. The summed E-state index contributed by atoms with van der Waals surface area (Å²) in [6, 6.07) is 8.12. The fraction of sp³-hybridized carbons (Fsp3) is 0.650. The van der Waals surface area contributed by atoms with Crippen LogP contribution in [0.1, 0.15) is 24.8 Å². The van der Waals surface area contributed by atoms with Gasteiger partial charge < -0.3 is 14.6 Å². The zero-order valence-corrected chi connectivity index (χ0v) is 15.4. The van der Waals surface area contributed by atoms with Crippen molar-refractivity contribution < 1.29 is 19.4 Å². The fourth-order valence-electron chi connectivity index (χ4n) is 3.71. The molecule has 0 amide bonds. The molecule has 0 bridgehead atoms. The molecular formula is C20H30N2O4. The third kappa shape index (κ3) is 5.69. The molecule has 1 N–H and O–H groups in total. The van der Waals surface area contributed by atoms with Crippen molar-refractivity contribution >= 4 is 5.97 Å². The summed E-state index contributed by atoms with van der Waals surface area (Å²) in [5.74, 6) is -0.000345. The van der Waals surface area contributed by atoms with E-state index in [0.29, 0.717) is 13.2 Å². The number of piperidine rings is 1. The van der Waals surface area contributed by atoms with Crippen molar-refractivity contribution in [3.63, 3.8) is 0 Å². The zero-order chi connectivity index (χ0) is 18.2. The van der Waals surface area contributed by atoms with Crippen LogP contribution in [-0.4, -0.2) is 73.4 Å². The van der Waals surface area contributed by atoms with Crippen LogP contribution in [0.5, 0.6) is 5.75 Å². The van der Waals surface area contributed by atoms with Crippen LogP contribution in [0.25, 0.3) is 0 Å². The van der Waals surface area contributed by atoms with Gasteiger partial charge in [-0.15, -0.1) is 0 Å². The minimum atomic E-state index is -0.678. The van der Waals surface area contributed by atoms with Gasteiger partial charge in [0.15, 0.2) is 0 Å². The molecule has 2 aliphatic rings. The van der Waals surface area contributed by atoms with Gasteiger partial charge in [0, 0.05) is 38.3 Å². The maximum absolute atomic E-state index is 11.3. The van der Waals surface area contributed by atoms with Gasteiger partial charge in [0.2, 0.25) is 0 Å². The molecule has 0 saturated carbocycles. The number of rotatable bonds is 8. The average molecular weight is 362 g/mol. The first kappa shape index (κ1) is 19.1. The number of likely N-dealkylation sites (tertiary alicyclic amines) is 1. The number of ether oxygens (including phenoxy) is 2. The number of hydrogen-bond acceptors (Lipinski definition) is 5. The van der Waals surface area contributed by atoms with Crippen molar-refractivity contribution in [1.82, 2.24) is 9.80 Å². The summed E-state index contributed by atoms with van der Waals surface area (Å²) in [6.45, 7) is 7.75. The number of carbonyl (C=O) groups is 1. The largest absolute Gasteiger partial charge is 0.493 e. The fourth-order valence-corrected chi connectivity index (χ4v) is 3.71. The highest BCUT2D eigenvalue weighted by atomic mass is 16.5. The highest BCUT2D eigenvalue weighted by Gasteiger charge is 2.25. The molecule has 0 spiro atoms. The molecule has 6 nitrogen and oxygen atoms in total. The van der Waals surface area contributed by atoms with Crippen LogP contribution in [0.2, 0.25) is 0 Å². The average Bonchev–Trinajstić information content (AvgIpc) is 2.67. The lowest BCUT2D eigenvalue weighted by Crippen LogP contribution is -2.38. The van der Waals surface area contributed by atoms with Crippen LogP contribution in [0.4, 0.5) is 0 Å². The van der Waals surface area contributed by atoms with Gasteiger partial charge in [0.05, 0.1) is 25.7 Å². The molecule has 6 heteroatoms. The van der Waals surface area contributed by atoms with Crippen LogP contribution in [-0.2, 0) is 16.1 Å². The quantitative estimate of drug-likeness (QED) is 0.715. The molecule has 2 fully saturated rings. The number of aliphatic carboxylic acids is 1. The summed E-state index contributed by atoms with van der Waals surface area (Å²) < 4.78 is 11.4. The maximum atomic E-state index is 11.3. The molecule has 0 aliphatic carbocycles. The van der Waals surface area contributed by atoms with Gasteiger partial charge in [-0.2, -0.15) is 0 Å². The van der Waals surface area contributed by atoms with E-state index in [2.05, 4.69) is 15.9 Å². The van der Waals surface area contributed by atoms with E-state index in [-0.39, 0.29) is 5.92 Å². The second kappa shape index (κ2) is 9.90. The number of carboxylic acid groups (broad SMARTS) is 1. The predicted molar refractivity (Wildman–Crippen MR) is 99.4 cm³/mol. The van der Waals surface area contributed by atoms with Crippen molar-refractivity contribution in [3.8, 4) is 5.75 Å². The van der Waals surface area contributed by atoms with Gasteiger partial charge >= 0.3 is 5.97 Å². The molecule has 1 atom stereocenters. The smallest absolute Gasteiger partial charge is 0.307 e. The van der Waals surface area contributed by atoms with Crippen molar-refractivity contribution in [2.45, 2.75) is 25.8 Å². The van der Waals surface area contributed by atoms with Gasteiger partial charge in [0.25, 0.3) is 0 Å². The lowest BCUT2D eigenvalue weighted by atomic mass is 9.98. The second-order valence-electron chi connectivity index (χ2n) is 7.18. The van der Waals surface area contributed by atoms with Gasteiger partial charge in [-0.3, -0.25) is 14.6 Å². The van der Waals surface area contributed by atoms with Crippen molar-refractivity contribution in [1.29, 1.82) is 0 Å². The lowest BCUT2D eigenvalue weighted by Gasteiger charge is -2.31. The van der Waals surface area contributed by atoms with Crippen molar-refractivity contribution in [2.24, 2.45) is 5.92 Å². The van der Waals surface area contributed by atoms with E-state index in [1.165, 1.54) is 0 Å². The van der Waals surface area contributed by atoms with E-state index in [1.54, 1.807) is 0 Å². The molecule has 26 heavy (non-hydrogen) atoms. The Morgan fingerprint density at radius 3 is 2.81 bits per heavy atom. The topological polar surface area (TPSA) is 62.2 Å². The summed E-state index contributed by atoms with van der Waals surface area (Å²) in [5, 5.41) is 9.26. The second-order valence-corrected chi connectivity index (χ2v) is 7.18. The van der Waals surface area contributed by atoms with Gasteiger partial charge in [-0.05, 0) is 31.9 Å². The molecule has 1 unspecified atom stereocenters. The lowest BCUT2D eigenvalue weighted by molar-refractivity contribution is -0.143. The molecule has 0 radical (unpaired) electrons. The Kier molecular flexibility index (Phi) is 7.29. The summed E-state index contributed by atoms with van der Waals surface area (Å²) in [7, 11) is 0. The van der Waals surface area contributed by atoms with E-state index in [4.69, 9.17) is 9.47 Å². The van der Waals surface area contributed by atoms with E-state index in [9.17, 15) is 9.90 Å². The minimum Gasteiger partial charge on any atom is -0.493 e. The number of para-hydroxylation sites is 1. The summed E-state index contributed by atoms with van der Waals surface area (Å²) in [5.41, 5.74) is 1.14. The van der Waals surface area contributed by atoms with Crippen LogP contribution in [0.3, 0.4) is 0 Å². The number of benzene rings is 1. The van der Waals surface area contributed by atoms with Crippen LogP contribution >= 0.6 is 0 Å². The summed E-state index contributed by atoms with van der Waals surface area (Å²) in [6.07, 6.45) is 2.73. The number of hydrogen-bond donors (Lipinski definition) is 1. The first-order valence-electron chi connectivity index (χ1n) is 9.68. The Morgan fingerprint density at radius 2 is 2.00 bits per heavy atom. The Hall–Kier alpha value is -1.63. The third-order valence-corrected chi connectivity index (χ3v) is 5.20. The highest BCUT2D eigenvalue weighted by molar-refractivity contribution is 5.70. The number of morpholine rings is 1. The predicted octanol–water partition coefficient (Wildman–Crippen LogP) is 2.08. The van der Waals surface area contributed by atoms with Gasteiger partial charge in [-0.1, -0.05) is 18.2 Å². The van der Waals surface area contributed by atoms with Gasteiger partial charge in [0.1, 0.15) is 5.75 Å². The Balaban J connectivity index is 1.47. The standard InChI is InChI=1S/C20H30N2O4/c23-20(24)18-6-3-8-22(16-18)15-17-5-1-2-7-19(17)26-12-4-9-21-10-13-25-14-11-21/h1-2,5,7,18H,3-4,6,8-16H2,(H,23,24). The SMILES string of the molecule is O=C(O)C1CCCN(Cc2ccccc2OCCCN2CCOCC2)C1. The van der Waals surface area contributed by atoms with E-state index in [0.717, 1.165) is 76.5 Å². The molecule has 3 rings (SSSR count). The highest BCUT2D eigenvalue weighted by Crippen LogP contribution is 2.24. The molecule has 1 aromatic rings. The molecule has 2 aliphatic heterocycles. The Bertz CT molecular complexity index is 575. The molecular weight excluding hydrogens is 332 g/mol. The molecule has 2 saturated heterocycles. The van der Waals surface area contributed by atoms with Crippen LogP contribution in [0, 0.1) is 5.92 Å². The van der Waals surface area contributed by atoms with E-state index in [1.807, 2.05) is 18.2 Å². The zero-order valence-electron chi connectivity index (χ0n) is 15.4. The van der Waals surface area contributed by atoms with Crippen LogP contribution < -0.4 is 4.74 Å². The summed E-state index contributed by atoms with van der Waals surface area (Å²) in [4.78, 5) is 15.9. The van der Waals surface area contributed by atoms with Gasteiger partial charge in [-0.25, -0.2) is 0 Å². The maximum Gasteiger partial charge on any atom is 0.307 e. The summed E-state index contributed by atoms with van der Waals surface area (Å²) >= 11 is 0. The van der Waals surface area contributed by atoms with E-state index >= 15 is 0 Å². The Labute approximate surface area is 155 Å². The molecule has 0 aromatic heterocycles. The third-order valence-electron chi connectivity index (χ3n) is 5.20. The van der Waals surface area contributed by atoms with Crippen molar-refractivity contribution in [3.05, 3.63) is 29.8 Å². The van der Waals surface area contributed by atoms with Crippen LogP contribution in [0.15, 0.2) is 24.3 Å². The molecule has 2 heterocycles. The normalized spacial score (nSPS) is 22.2. The van der Waals surface area contributed by atoms with Crippen molar-refractivity contribution in [2.75, 3.05) is 52.5 Å². The first-order valence-corrected chi connectivity index (χ1v) is 9.68. The van der Waals surface area contributed by atoms with E-state index < -0.39 is 5.97 Å². The molecule has 1 aromatic carbocycles.